The van der Waals surface area contributed by atoms with E-state index in [1.807, 2.05) is 37.3 Å². The van der Waals surface area contributed by atoms with Gasteiger partial charge >= 0.3 is 0 Å². The van der Waals surface area contributed by atoms with Crippen LogP contribution >= 0.6 is 43.2 Å². The highest BCUT2D eigenvalue weighted by Gasteiger charge is 2.14. The van der Waals surface area contributed by atoms with Crippen molar-refractivity contribution in [2.24, 2.45) is 0 Å². The van der Waals surface area contributed by atoms with Crippen LogP contribution in [0.15, 0.2) is 38.6 Å². The number of thiophene rings is 1. The number of aliphatic hydroxyl groups excluding tert-OH is 1. The zero-order chi connectivity index (χ0) is 12.4. The van der Waals surface area contributed by atoms with Crippen LogP contribution in [0.2, 0.25) is 0 Å². The van der Waals surface area contributed by atoms with Crippen molar-refractivity contribution in [2.75, 3.05) is 0 Å². The first-order valence-electron chi connectivity index (χ1n) is 5.25. The fourth-order valence-corrected chi connectivity index (χ4v) is 3.62. The molecule has 1 atom stereocenters. The zero-order valence-electron chi connectivity index (χ0n) is 9.28. The van der Waals surface area contributed by atoms with Crippen molar-refractivity contribution < 1.29 is 5.11 Å². The van der Waals surface area contributed by atoms with Crippen LogP contribution in [0, 0.1) is 6.92 Å². The van der Waals surface area contributed by atoms with Crippen LogP contribution in [0.5, 0.6) is 0 Å². The van der Waals surface area contributed by atoms with Gasteiger partial charge in [0, 0.05) is 15.8 Å². The Balaban J connectivity index is 2.17. The lowest BCUT2D eigenvalue weighted by molar-refractivity contribution is 0.182. The molecule has 1 heterocycles. The van der Waals surface area contributed by atoms with Crippen LogP contribution in [0.4, 0.5) is 0 Å². The minimum absolute atomic E-state index is 0.441. The maximum atomic E-state index is 10.2. The second-order valence-corrected chi connectivity index (χ2v) is 7.17. The van der Waals surface area contributed by atoms with Gasteiger partial charge in [0.2, 0.25) is 0 Å². The number of halogens is 2. The minimum Gasteiger partial charge on any atom is -0.387 e. The van der Waals surface area contributed by atoms with E-state index in [4.69, 9.17) is 0 Å². The third-order valence-electron chi connectivity index (χ3n) is 2.58. The first-order chi connectivity index (χ1) is 8.08. The highest BCUT2D eigenvalue weighted by molar-refractivity contribution is 9.11. The van der Waals surface area contributed by atoms with Crippen molar-refractivity contribution in [2.45, 2.75) is 19.4 Å². The molecular weight excluding hydrogens is 364 g/mol. The molecule has 4 heteroatoms. The molecule has 1 aromatic heterocycles. The average Bonchev–Trinajstić information content (AvgIpc) is 2.63. The Morgan fingerprint density at radius 1 is 1.29 bits per heavy atom. The minimum atomic E-state index is -0.441. The van der Waals surface area contributed by atoms with Crippen LogP contribution in [-0.4, -0.2) is 5.11 Å². The number of hydrogen-bond donors (Lipinski definition) is 1. The molecule has 17 heavy (non-hydrogen) atoms. The Kier molecular flexibility index (Phi) is 4.42. The van der Waals surface area contributed by atoms with Gasteiger partial charge in [0.25, 0.3) is 0 Å². The number of benzene rings is 1. The van der Waals surface area contributed by atoms with Crippen molar-refractivity contribution in [3.63, 3.8) is 0 Å². The molecule has 90 valence electrons. The topological polar surface area (TPSA) is 20.2 Å². The number of aryl methyl sites for hydroxylation is 1. The Morgan fingerprint density at radius 3 is 2.59 bits per heavy atom. The maximum absolute atomic E-state index is 10.2. The Labute approximate surface area is 122 Å². The van der Waals surface area contributed by atoms with E-state index in [0.717, 1.165) is 18.7 Å². The summed E-state index contributed by atoms with van der Waals surface area (Å²) in [6, 6.07) is 10.0. The van der Waals surface area contributed by atoms with Crippen LogP contribution in [-0.2, 0) is 6.42 Å². The van der Waals surface area contributed by atoms with Gasteiger partial charge in [0.15, 0.2) is 0 Å². The lowest BCUT2D eigenvalue weighted by atomic mass is 10.1. The maximum Gasteiger partial charge on any atom is 0.0923 e. The van der Waals surface area contributed by atoms with Crippen molar-refractivity contribution in [3.05, 3.63) is 54.6 Å². The molecule has 1 nitrogen and oxygen atoms in total. The van der Waals surface area contributed by atoms with Gasteiger partial charge < -0.3 is 5.11 Å². The summed E-state index contributed by atoms with van der Waals surface area (Å²) >= 11 is 8.58. The van der Waals surface area contributed by atoms with Crippen molar-refractivity contribution in [1.82, 2.24) is 0 Å². The molecule has 0 aliphatic carbocycles. The molecule has 0 fully saturated rings. The summed E-state index contributed by atoms with van der Waals surface area (Å²) in [6.45, 7) is 2.04. The fraction of sp³-hybridized carbons (Fsp3) is 0.231. The zero-order valence-corrected chi connectivity index (χ0v) is 13.3. The Hall–Kier alpha value is -0.160. The molecule has 0 radical (unpaired) electrons. The molecule has 1 N–H and O–H groups in total. The molecule has 0 bridgehead atoms. The van der Waals surface area contributed by atoms with Gasteiger partial charge in [-0.15, -0.1) is 11.3 Å². The smallest absolute Gasteiger partial charge is 0.0923 e. The molecular formula is C13H12Br2OS. The van der Waals surface area contributed by atoms with E-state index in [0.29, 0.717) is 6.42 Å². The molecule has 0 amide bonds. The molecule has 1 aromatic carbocycles. The molecule has 0 saturated carbocycles. The van der Waals surface area contributed by atoms with E-state index in [-0.39, 0.29) is 0 Å². The van der Waals surface area contributed by atoms with E-state index in [9.17, 15) is 5.11 Å². The average molecular weight is 376 g/mol. The van der Waals surface area contributed by atoms with E-state index in [2.05, 4.69) is 31.9 Å². The van der Waals surface area contributed by atoms with Gasteiger partial charge in [0.1, 0.15) is 0 Å². The Morgan fingerprint density at radius 2 is 2.00 bits per heavy atom. The quantitative estimate of drug-likeness (QED) is 0.812. The number of hydrogen-bond acceptors (Lipinski definition) is 2. The van der Waals surface area contributed by atoms with Crippen LogP contribution in [0.3, 0.4) is 0 Å². The van der Waals surface area contributed by atoms with Crippen molar-refractivity contribution in [3.8, 4) is 0 Å². The summed E-state index contributed by atoms with van der Waals surface area (Å²) in [4.78, 5) is 1.00. The highest BCUT2D eigenvalue weighted by Crippen LogP contribution is 2.33. The largest absolute Gasteiger partial charge is 0.387 e. The molecule has 0 aliphatic heterocycles. The van der Waals surface area contributed by atoms with Crippen molar-refractivity contribution in [1.29, 1.82) is 0 Å². The highest BCUT2D eigenvalue weighted by atomic mass is 79.9. The predicted octanol–water partition coefficient (Wildman–Crippen LogP) is 4.86. The van der Waals surface area contributed by atoms with Gasteiger partial charge in [-0.3, -0.25) is 0 Å². The van der Waals surface area contributed by atoms with E-state index in [1.54, 1.807) is 11.3 Å². The van der Waals surface area contributed by atoms with Gasteiger partial charge in [-0.1, -0.05) is 34.1 Å². The fourth-order valence-electron chi connectivity index (χ4n) is 1.62. The SMILES string of the molecule is Cc1cc(C(O)Cc2ccccc2Br)sc1Br. The molecule has 0 saturated heterocycles. The van der Waals surface area contributed by atoms with Gasteiger partial charge in [-0.2, -0.15) is 0 Å². The normalized spacial score (nSPS) is 12.7. The van der Waals surface area contributed by atoms with Crippen LogP contribution in [0.1, 0.15) is 22.1 Å². The Bertz CT molecular complexity index is 502. The summed E-state index contributed by atoms with van der Waals surface area (Å²) < 4.78 is 2.14. The van der Waals surface area contributed by atoms with Crippen LogP contribution < -0.4 is 0 Å². The third kappa shape index (κ3) is 3.19. The molecule has 0 spiro atoms. The first kappa shape index (κ1) is 13.3. The molecule has 2 aromatic rings. The van der Waals surface area contributed by atoms with Gasteiger partial charge in [-0.25, -0.2) is 0 Å². The van der Waals surface area contributed by atoms with Gasteiger partial charge in [0.05, 0.1) is 9.89 Å². The van der Waals surface area contributed by atoms with Gasteiger partial charge in [-0.05, 0) is 46.1 Å². The second kappa shape index (κ2) is 5.65. The summed E-state index contributed by atoms with van der Waals surface area (Å²) in [5.41, 5.74) is 2.30. The molecule has 2 rings (SSSR count). The van der Waals surface area contributed by atoms with E-state index >= 15 is 0 Å². The molecule has 0 aliphatic rings. The number of rotatable bonds is 3. The summed E-state index contributed by atoms with van der Waals surface area (Å²) in [5, 5.41) is 10.2. The second-order valence-electron chi connectivity index (χ2n) is 3.92. The summed E-state index contributed by atoms with van der Waals surface area (Å²) in [7, 11) is 0. The lowest BCUT2D eigenvalue weighted by Gasteiger charge is -2.09. The number of aliphatic hydroxyl groups is 1. The summed E-state index contributed by atoms with van der Waals surface area (Å²) in [6.07, 6.45) is 0.192. The lowest BCUT2D eigenvalue weighted by Crippen LogP contribution is -2.00. The van der Waals surface area contributed by atoms with Crippen molar-refractivity contribution >= 4 is 43.2 Å². The molecule has 1 unspecified atom stereocenters. The standard InChI is InChI=1S/C13H12Br2OS/c1-8-6-12(17-13(8)15)11(16)7-9-4-2-3-5-10(9)14/h2-6,11,16H,7H2,1H3. The first-order valence-corrected chi connectivity index (χ1v) is 7.65. The summed E-state index contributed by atoms with van der Waals surface area (Å²) in [5.74, 6) is 0. The predicted molar refractivity (Wildman–Crippen MR) is 79.6 cm³/mol. The van der Waals surface area contributed by atoms with E-state index < -0.39 is 6.10 Å². The monoisotopic (exact) mass is 374 g/mol. The van der Waals surface area contributed by atoms with E-state index in [1.165, 1.54) is 5.56 Å². The third-order valence-corrected chi connectivity index (χ3v) is 5.59. The van der Waals surface area contributed by atoms with Crippen LogP contribution in [0.25, 0.3) is 0 Å².